The van der Waals surface area contributed by atoms with E-state index in [0.717, 1.165) is 16.6 Å². The Morgan fingerprint density at radius 3 is 2.33 bits per heavy atom. The Bertz CT molecular complexity index is 556. The molecule has 0 saturated heterocycles. The number of nitrogens with zero attached hydrogens (tertiary/aromatic N) is 2. The van der Waals surface area contributed by atoms with Crippen molar-refractivity contribution in [3.63, 3.8) is 0 Å². The predicted molar refractivity (Wildman–Crippen MR) is 87.6 cm³/mol. The third-order valence-electron chi connectivity index (χ3n) is 2.79. The maximum Gasteiger partial charge on any atom is 0.0346 e. The predicted octanol–water partition coefficient (Wildman–Crippen LogP) is 0.0167. The highest BCUT2D eigenvalue weighted by molar-refractivity contribution is 9.10. The first-order chi connectivity index (χ1) is 9.16. The van der Waals surface area contributed by atoms with Crippen molar-refractivity contribution in [2.45, 2.75) is 0 Å². The van der Waals surface area contributed by atoms with Crippen LogP contribution in [-0.4, -0.2) is 36.0 Å². The highest BCUT2D eigenvalue weighted by Crippen LogP contribution is 2.24. The van der Waals surface area contributed by atoms with Crippen LogP contribution >= 0.6 is 15.9 Å². The van der Waals surface area contributed by atoms with Crippen molar-refractivity contribution in [2.75, 3.05) is 20.6 Å². The second-order valence-electron chi connectivity index (χ2n) is 4.63. The van der Waals surface area contributed by atoms with Gasteiger partial charge in [0.2, 0.25) is 0 Å². The summed E-state index contributed by atoms with van der Waals surface area (Å²) < 4.78 is 1.09. The average Bonchev–Trinajstić information content (AvgIpc) is 2.42. The lowest BCUT2D eigenvalue weighted by Gasteiger charge is -2.11. The van der Waals surface area contributed by atoms with E-state index in [-0.39, 0.29) is 17.9 Å². The van der Waals surface area contributed by atoms with Gasteiger partial charge in [-0.15, -0.1) is 0 Å². The molecule has 2 rings (SSSR count). The standard InChI is InChI=1S/C16H17BrN2.ClH.H2O/c1-19(2)11-9-16(14-4-3-10-18-12-14)13-5-7-15(17)8-6-13;;/h3-10,12H,11H2,1-2H3;1H;1H2/p-1/b16-9+;;. The minimum Gasteiger partial charge on any atom is -1.00 e. The largest absolute Gasteiger partial charge is 1.00 e. The summed E-state index contributed by atoms with van der Waals surface area (Å²) >= 11 is 3.47. The number of rotatable bonds is 4. The Balaban J connectivity index is 0.00000200. The highest BCUT2D eigenvalue weighted by Gasteiger charge is 2.05. The van der Waals surface area contributed by atoms with Crippen molar-refractivity contribution in [2.24, 2.45) is 0 Å². The molecule has 2 N–H and O–H groups in total. The van der Waals surface area contributed by atoms with Crippen LogP contribution in [0.3, 0.4) is 0 Å². The summed E-state index contributed by atoms with van der Waals surface area (Å²) in [5.74, 6) is 0. The molecule has 0 aliphatic heterocycles. The lowest BCUT2D eigenvalue weighted by atomic mass is 9.99. The zero-order valence-corrected chi connectivity index (χ0v) is 14.4. The van der Waals surface area contributed by atoms with Gasteiger partial charge in [0.25, 0.3) is 0 Å². The molecule has 2 aromatic rings. The van der Waals surface area contributed by atoms with E-state index < -0.39 is 0 Å². The van der Waals surface area contributed by atoms with Crippen LogP contribution in [-0.2, 0) is 0 Å². The topological polar surface area (TPSA) is 47.6 Å². The fraction of sp³-hybridized carbons (Fsp3) is 0.188. The van der Waals surface area contributed by atoms with Crippen molar-refractivity contribution in [1.82, 2.24) is 9.88 Å². The van der Waals surface area contributed by atoms with E-state index in [1.54, 1.807) is 6.20 Å². The summed E-state index contributed by atoms with van der Waals surface area (Å²) in [6.07, 6.45) is 5.94. The molecule has 5 heteroatoms. The fourth-order valence-corrected chi connectivity index (χ4v) is 2.09. The highest BCUT2D eigenvalue weighted by atomic mass is 79.9. The average molecular weight is 371 g/mol. The molecule has 0 amide bonds. The summed E-state index contributed by atoms with van der Waals surface area (Å²) in [7, 11) is 4.14. The Morgan fingerprint density at radius 2 is 1.81 bits per heavy atom. The van der Waals surface area contributed by atoms with Crippen LogP contribution in [0.2, 0.25) is 0 Å². The first-order valence-corrected chi connectivity index (χ1v) is 6.97. The van der Waals surface area contributed by atoms with E-state index in [2.05, 4.69) is 76.3 Å². The van der Waals surface area contributed by atoms with Crippen LogP contribution in [0.25, 0.3) is 5.57 Å². The van der Waals surface area contributed by atoms with Gasteiger partial charge in [-0.2, -0.15) is 0 Å². The molecule has 114 valence electrons. The molecule has 1 heterocycles. The lowest BCUT2D eigenvalue weighted by Crippen LogP contribution is -3.00. The van der Waals surface area contributed by atoms with Crippen LogP contribution < -0.4 is 12.4 Å². The minimum absolute atomic E-state index is 0. The summed E-state index contributed by atoms with van der Waals surface area (Å²) in [5, 5.41) is 0. The van der Waals surface area contributed by atoms with Crippen LogP contribution in [0, 0.1) is 0 Å². The molecule has 0 saturated carbocycles. The van der Waals surface area contributed by atoms with Crippen LogP contribution in [0.15, 0.2) is 59.3 Å². The van der Waals surface area contributed by atoms with E-state index in [9.17, 15) is 0 Å². The second kappa shape index (κ2) is 9.68. The normalized spacial score (nSPS) is 10.8. The number of likely N-dealkylation sites (N-methyl/N-ethyl adjacent to an activating group) is 1. The Hall–Kier alpha value is -1.20. The Labute approximate surface area is 140 Å². The van der Waals surface area contributed by atoms with Gasteiger partial charge in [0.05, 0.1) is 0 Å². The first kappa shape index (κ1) is 19.8. The lowest BCUT2D eigenvalue weighted by molar-refractivity contribution is -0.00000503. The van der Waals surface area contributed by atoms with Gasteiger partial charge >= 0.3 is 0 Å². The molecule has 0 spiro atoms. The zero-order valence-electron chi connectivity index (χ0n) is 12.1. The van der Waals surface area contributed by atoms with E-state index in [4.69, 9.17) is 0 Å². The minimum atomic E-state index is 0. The molecule has 3 nitrogen and oxygen atoms in total. The molecular formula is C16H19BrClN2O-. The van der Waals surface area contributed by atoms with Gasteiger partial charge in [0.1, 0.15) is 0 Å². The zero-order chi connectivity index (χ0) is 13.7. The third-order valence-corrected chi connectivity index (χ3v) is 3.32. The number of halogens is 2. The van der Waals surface area contributed by atoms with Crippen molar-refractivity contribution < 1.29 is 17.9 Å². The van der Waals surface area contributed by atoms with Gasteiger partial charge in [-0.25, -0.2) is 0 Å². The van der Waals surface area contributed by atoms with Crippen molar-refractivity contribution in [1.29, 1.82) is 0 Å². The molecule has 0 atom stereocenters. The monoisotopic (exact) mass is 369 g/mol. The van der Waals surface area contributed by atoms with Gasteiger partial charge in [0.15, 0.2) is 0 Å². The van der Waals surface area contributed by atoms with Crippen LogP contribution in [0.1, 0.15) is 11.1 Å². The first-order valence-electron chi connectivity index (χ1n) is 6.18. The molecule has 0 unspecified atom stereocenters. The summed E-state index contributed by atoms with van der Waals surface area (Å²) in [6.45, 7) is 0.903. The molecule has 1 aromatic carbocycles. The van der Waals surface area contributed by atoms with Crippen LogP contribution in [0.4, 0.5) is 0 Å². The van der Waals surface area contributed by atoms with E-state index in [1.807, 2.05) is 12.3 Å². The third kappa shape index (κ3) is 5.98. The van der Waals surface area contributed by atoms with Crippen molar-refractivity contribution in [3.8, 4) is 0 Å². The fourth-order valence-electron chi connectivity index (χ4n) is 1.83. The van der Waals surface area contributed by atoms with E-state index in [1.165, 1.54) is 11.1 Å². The van der Waals surface area contributed by atoms with Crippen LogP contribution in [0.5, 0.6) is 0 Å². The molecule has 0 fully saturated rings. The maximum absolute atomic E-state index is 4.21. The van der Waals surface area contributed by atoms with Gasteiger partial charge in [-0.05, 0) is 43.4 Å². The van der Waals surface area contributed by atoms with Gasteiger partial charge in [-0.3, -0.25) is 4.98 Å². The Kier molecular flexibility index (Phi) is 9.13. The molecule has 0 bridgehead atoms. The van der Waals surface area contributed by atoms with Gasteiger partial charge in [0, 0.05) is 29.0 Å². The Morgan fingerprint density at radius 1 is 1.14 bits per heavy atom. The molecule has 0 radical (unpaired) electrons. The number of pyridine rings is 1. The second-order valence-corrected chi connectivity index (χ2v) is 5.54. The SMILES string of the molecule is CN(C)C/C=C(\c1ccc(Br)cc1)c1cccnc1.O.[Cl-]. The van der Waals surface area contributed by atoms with Gasteiger partial charge in [-0.1, -0.05) is 40.2 Å². The number of hydrogen-bond acceptors (Lipinski definition) is 2. The van der Waals surface area contributed by atoms with E-state index in [0.29, 0.717) is 0 Å². The summed E-state index contributed by atoms with van der Waals surface area (Å²) in [5.41, 5.74) is 3.57. The maximum atomic E-state index is 4.21. The molecule has 0 aliphatic rings. The summed E-state index contributed by atoms with van der Waals surface area (Å²) in [4.78, 5) is 6.36. The molecular weight excluding hydrogens is 352 g/mol. The number of hydrogen-bond donors (Lipinski definition) is 0. The number of aromatic nitrogens is 1. The van der Waals surface area contributed by atoms with E-state index >= 15 is 0 Å². The molecule has 1 aromatic heterocycles. The smallest absolute Gasteiger partial charge is 0.0346 e. The van der Waals surface area contributed by atoms with Crippen molar-refractivity contribution >= 4 is 21.5 Å². The quantitative estimate of drug-likeness (QED) is 0.762. The molecule has 0 aliphatic carbocycles. The van der Waals surface area contributed by atoms with Gasteiger partial charge < -0.3 is 22.8 Å². The van der Waals surface area contributed by atoms with Crippen molar-refractivity contribution in [3.05, 3.63) is 70.5 Å². The molecule has 21 heavy (non-hydrogen) atoms. The summed E-state index contributed by atoms with van der Waals surface area (Å²) in [6, 6.07) is 12.4. The number of benzene rings is 1.